The zero-order valence-corrected chi connectivity index (χ0v) is 18.2. The molecule has 1 heterocycles. The topological polar surface area (TPSA) is 35.6 Å². The maximum absolute atomic E-state index is 14.8. The van der Waals surface area contributed by atoms with Gasteiger partial charge in [0.2, 0.25) is 0 Å². The van der Waals surface area contributed by atoms with Crippen LogP contribution in [0.5, 0.6) is 0 Å². The molecule has 1 unspecified atom stereocenters. The van der Waals surface area contributed by atoms with Crippen LogP contribution in [0.3, 0.4) is 0 Å². The number of hydrogen-bond acceptors (Lipinski definition) is 3. The van der Waals surface area contributed by atoms with E-state index in [0.717, 1.165) is 30.6 Å². The van der Waals surface area contributed by atoms with Crippen LogP contribution in [-0.4, -0.2) is 39.1 Å². The Kier molecular flexibility index (Phi) is 6.05. The number of benzene rings is 3. The molecule has 1 aliphatic heterocycles. The molecule has 0 bridgehead atoms. The van der Waals surface area contributed by atoms with E-state index in [1.807, 2.05) is 42.3 Å². The molecular weight excluding hydrogens is 389 g/mol. The van der Waals surface area contributed by atoms with Crippen molar-refractivity contribution >= 4 is 17.3 Å². The number of carbonyl (C=O) groups excluding carboxylic acids is 1. The fourth-order valence-corrected chi connectivity index (χ4v) is 4.04. The standard InChI is InChI=1S/C26H28FN3O.H2/c1-18-4-6-19(7-5-18)20-8-10-21(11-9-20)26(31)29(3)23-12-13-25(24(27)16-23)30-15-14-22(17-30)28-2;/h4-13,16,22,28H,14-15,17H2,1-3H3;1H. The number of carbonyl (C=O) groups is 1. The Morgan fingerprint density at radius 2 is 1.71 bits per heavy atom. The van der Waals surface area contributed by atoms with Crippen molar-refractivity contribution in [2.75, 3.05) is 37.0 Å². The number of anilines is 2. The van der Waals surface area contributed by atoms with Gasteiger partial charge in [-0.15, -0.1) is 0 Å². The van der Waals surface area contributed by atoms with Crippen LogP contribution < -0.4 is 15.1 Å². The van der Waals surface area contributed by atoms with Crippen LogP contribution in [-0.2, 0) is 0 Å². The number of aryl methyl sites for hydroxylation is 1. The van der Waals surface area contributed by atoms with E-state index in [2.05, 4.69) is 36.5 Å². The highest BCUT2D eigenvalue weighted by atomic mass is 19.1. The highest BCUT2D eigenvalue weighted by Gasteiger charge is 2.24. The lowest BCUT2D eigenvalue weighted by Gasteiger charge is -2.22. The SMILES string of the molecule is CNC1CCN(c2ccc(N(C)C(=O)c3ccc(-c4ccc(C)cc4)cc3)cc2F)C1.[HH]. The van der Waals surface area contributed by atoms with Gasteiger partial charge in [-0.25, -0.2) is 4.39 Å². The Morgan fingerprint density at radius 1 is 1.06 bits per heavy atom. The minimum Gasteiger partial charge on any atom is -0.368 e. The molecule has 3 aromatic rings. The first kappa shape index (κ1) is 21.1. The van der Waals surface area contributed by atoms with E-state index in [1.54, 1.807) is 13.1 Å². The predicted molar refractivity (Wildman–Crippen MR) is 128 cm³/mol. The molecule has 1 aliphatic rings. The number of rotatable bonds is 5. The Hall–Kier alpha value is -3.18. The van der Waals surface area contributed by atoms with E-state index in [0.29, 0.717) is 23.0 Å². The molecule has 1 atom stereocenters. The molecule has 0 aromatic heterocycles. The Labute approximate surface area is 184 Å². The van der Waals surface area contributed by atoms with Crippen LogP contribution in [0.1, 0.15) is 23.8 Å². The molecule has 5 heteroatoms. The average molecular weight is 420 g/mol. The van der Waals surface area contributed by atoms with Crippen molar-refractivity contribution in [3.05, 3.63) is 83.7 Å². The maximum atomic E-state index is 14.8. The van der Waals surface area contributed by atoms with Crippen LogP contribution in [0.2, 0.25) is 0 Å². The largest absolute Gasteiger partial charge is 0.368 e. The fraction of sp³-hybridized carbons (Fsp3) is 0.269. The van der Waals surface area contributed by atoms with Crippen molar-refractivity contribution in [3.8, 4) is 11.1 Å². The molecular formula is C26H30FN3O. The average Bonchev–Trinajstić information content (AvgIpc) is 3.28. The van der Waals surface area contributed by atoms with E-state index in [4.69, 9.17) is 0 Å². The first-order chi connectivity index (χ1) is 15.0. The van der Waals surface area contributed by atoms with E-state index in [9.17, 15) is 9.18 Å². The quantitative estimate of drug-likeness (QED) is 0.623. The summed E-state index contributed by atoms with van der Waals surface area (Å²) in [7, 11) is 3.61. The van der Waals surface area contributed by atoms with Gasteiger partial charge in [0.15, 0.2) is 0 Å². The lowest BCUT2D eigenvalue weighted by molar-refractivity contribution is 0.0993. The summed E-state index contributed by atoms with van der Waals surface area (Å²) >= 11 is 0. The summed E-state index contributed by atoms with van der Waals surface area (Å²) in [6.45, 7) is 3.67. The minimum absolute atomic E-state index is 0. The second kappa shape index (κ2) is 8.90. The first-order valence-electron chi connectivity index (χ1n) is 10.6. The summed E-state index contributed by atoms with van der Waals surface area (Å²) in [5, 5.41) is 3.25. The maximum Gasteiger partial charge on any atom is 0.258 e. The lowest BCUT2D eigenvalue weighted by Crippen LogP contribution is -2.30. The molecule has 162 valence electrons. The van der Waals surface area contributed by atoms with E-state index < -0.39 is 0 Å². The normalized spacial score (nSPS) is 15.9. The molecule has 3 aromatic carbocycles. The summed E-state index contributed by atoms with van der Waals surface area (Å²) in [5.74, 6) is -0.470. The van der Waals surface area contributed by atoms with Crippen LogP contribution in [0.15, 0.2) is 66.7 Å². The van der Waals surface area contributed by atoms with Gasteiger partial charge < -0.3 is 15.1 Å². The van der Waals surface area contributed by atoms with Gasteiger partial charge >= 0.3 is 0 Å². The van der Waals surface area contributed by atoms with Gasteiger partial charge in [-0.1, -0.05) is 42.0 Å². The van der Waals surface area contributed by atoms with Gasteiger partial charge in [0.05, 0.1) is 5.69 Å². The summed E-state index contributed by atoms with van der Waals surface area (Å²) in [6, 6.07) is 21.2. The summed E-state index contributed by atoms with van der Waals surface area (Å²) < 4.78 is 14.8. The number of hydrogen-bond donors (Lipinski definition) is 1. The van der Waals surface area contributed by atoms with Crippen molar-refractivity contribution in [1.82, 2.24) is 5.32 Å². The van der Waals surface area contributed by atoms with Gasteiger partial charge in [0.25, 0.3) is 5.91 Å². The molecule has 1 saturated heterocycles. The highest BCUT2D eigenvalue weighted by Crippen LogP contribution is 2.28. The molecule has 4 nitrogen and oxygen atoms in total. The molecule has 31 heavy (non-hydrogen) atoms. The number of nitrogens with one attached hydrogen (secondary N) is 1. The van der Waals surface area contributed by atoms with Crippen molar-refractivity contribution in [2.24, 2.45) is 0 Å². The first-order valence-corrected chi connectivity index (χ1v) is 10.6. The van der Waals surface area contributed by atoms with Gasteiger partial charge in [-0.3, -0.25) is 4.79 Å². The summed E-state index contributed by atoms with van der Waals surface area (Å²) in [4.78, 5) is 16.5. The smallest absolute Gasteiger partial charge is 0.258 e. The highest BCUT2D eigenvalue weighted by molar-refractivity contribution is 6.06. The van der Waals surface area contributed by atoms with Crippen molar-refractivity contribution < 1.29 is 10.6 Å². The summed E-state index contributed by atoms with van der Waals surface area (Å²) in [6.07, 6.45) is 0.995. The van der Waals surface area contributed by atoms with Crippen molar-refractivity contribution in [3.63, 3.8) is 0 Å². The number of halogens is 1. The predicted octanol–water partition coefficient (Wildman–Crippen LogP) is 5.12. The molecule has 1 fully saturated rings. The van der Waals surface area contributed by atoms with Gasteiger partial charge in [0, 0.05) is 38.9 Å². The van der Waals surface area contributed by atoms with E-state index in [1.165, 1.54) is 16.5 Å². The minimum atomic E-state index is -0.302. The molecule has 1 amide bonds. The van der Waals surface area contributed by atoms with Gasteiger partial charge in [-0.05, 0) is 61.9 Å². The second-order valence-electron chi connectivity index (χ2n) is 8.16. The summed E-state index contributed by atoms with van der Waals surface area (Å²) in [5.41, 5.74) is 5.07. The fourth-order valence-electron chi connectivity index (χ4n) is 4.04. The van der Waals surface area contributed by atoms with Crippen LogP contribution in [0.25, 0.3) is 11.1 Å². The van der Waals surface area contributed by atoms with E-state index in [-0.39, 0.29) is 13.2 Å². The molecule has 0 saturated carbocycles. The number of amides is 1. The molecule has 1 N–H and O–H groups in total. The van der Waals surface area contributed by atoms with Crippen molar-refractivity contribution in [2.45, 2.75) is 19.4 Å². The zero-order valence-electron chi connectivity index (χ0n) is 18.2. The lowest BCUT2D eigenvalue weighted by atomic mass is 10.0. The van der Waals surface area contributed by atoms with Crippen LogP contribution in [0, 0.1) is 12.7 Å². The van der Waals surface area contributed by atoms with E-state index >= 15 is 0 Å². The number of likely N-dealkylation sites (N-methyl/N-ethyl adjacent to an activating group) is 1. The monoisotopic (exact) mass is 419 g/mol. The second-order valence-corrected chi connectivity index (χ2v) is 8.16. The van der Waals surface area contributed by atoms with Crippen LogP contribution >= 0.6 is 0 Å². The van der Waals surface area contributed by atoms with Gasteiger partial charge in [-0.2, -0.15) is 0 Å². The third-order valence-electron chi connectivity index (χ3n) is 6.08. The Balaban J connectivity index is 0.00000289. The third-order valence-corrected chi connectivity index (χ3v) is 6.08. The van der Waals surface area contributed by atoms with Gasteiger partial charge in [0.1, 0.15) is 5.82 Å². The Bertz CT molecular complexity index is 1070. The molecule has 0 spiro atoms. The third kappa shape index (κ3) is 4.47. The zero-order chi connectivity index (χ0) is 22.0. The molecule has 4 rings (SSSR count). The van der Waals surface area contributed by atoms with Crippen LogP contribution in [0.4, 0.5) is 15.8 Å². The number of nitrogens with zero attached hydrogens (tertiary/aromatic N) is 2. The molecule has 0 radical (unpaired) electrons. The van der Waals surface area contributed by atoms with Crippen molar-refractivity contribution in [1.29, 1.82) is 0 Å². The Morgan fingerprint density at radius 3 is 2.29 bits per heavy atom. The molecule has 0 aliphatic carbocycles.